The third-order valence-corrected chi connectivity index (χ3v) is 2.08. The number of Topliss-reactive ketones (excluding diaryl/α,β-unsaturated/α-hetero) is 1. The number of hydrogen-bond acceptors (Lipinski definition) is 3. The molecule has 1 aromatic carbocycles. The number of ketones is 1. The molecule has 0 atom stereocenters. The summed E-state index contributed by atoms with van der Waals surface area (Å²) in [5.41, 5.74) is 0.946. The molecule has 0 saturated carbocycles. The van der Waals surface area contributed by atoms with Crippen LogP contribution in [0.5, 0.6) is 5.75 Å². The highest BCUT2D eigenvalue weighted by molar-refractivity contribution is 5.94. The summed E-state index contributed by atoms with van der Waals surface area (Å²) in [5, 5.41) is 8.95. The fourth-order valence-electron chi connectivity index (χ4n) is 1.22. The number of hydrogen-bond donors (Lipinski definition) is 0. The van der Waals surface area contributed by atoms with Gasteiger partial charge in [-0.25, -0.2) is 0 Å². The smallest absolute Gasteiger partial charge is 0.159 e. The van der Waals surface area contributed by atoms with Crippen molar-refractivity contribution in [1.29, 1.82) is 5.26 Å². The predicted octanol–water partition coefficient (Wildman–Crippen LogP) is 2.80. The molecule has 0 aliphatic rings. The van der Waals surface area contributed by atoms with Gasteiger partial charge in [0.1, 0.15) is 11.8 Å². The molecule has 3 nitrogen and oxygen atoms in total. The highest BCUT2D eigenvalue weighted by Crippen LogP contribution is 2.20. The lowest BCUT2D eigenvalue weighted by atomic mass is 10.1. The van der Waals surface area contributed by atoms with Crippen LogP contribution in [0.15, 0.2) is 18.2 Å². The Morgan fingerprint density at radius 3 is 2.69 bits per heavy atom. The summed E-state index contributed by atoms with van der Waals surface area (Å²) in [6, 6.07) is 6.96. The van der Waals surface area contributed by atoms with Gasteiger partial charge >= 0.3 is 0 Å². The van der Waals surface area contributed by atoms with Gasteiger partial charge in [-0.3, -0.25) is 4.79 Å². The molecule has 3 heteroatoms. The zero-order valence-corrected chi connectivity index (χ0v) is 9.78. The molecule has 0 aromatic heterocycles. The highest BCUT2D eigenvalue weighted by atomic mass is 16.5. The second-order valence-corrected chi connectivity index (χ2v) is 4.08. The van der Waals surface area contributed by atoms with Crippen molar-refractivity contribution in [2.45, 2.75) is 20.8 Å². The maximum absolute atomic E-state index is 11.1. The van der Waals surface area contributed by atoms with E-state index in [-0.39, 0.29) is 5.78 Å². The van der Waals surface area contributed by atoms with Crippen LogP contribution in [0.4, 0.5) is 0 Å². The topological polar surface area (TPSA) is 50.1 Å². The van der Waals surface area contributed by atoms with Crippen LogP contribution in [0.2, 0.25) is 0 Å². The predicted molar refractivity (Wildman–Crippen MR) is 61.5 cm³/mol. The number of nitrogens with zero attached hydrogens (tertiary/aromatic N) is 1. The van der Waals surface area contributed by atoms with Gasteiger partial charge in [0.05, 0.1) is 12.2 Å². The summed E-state index contributed by atoms with van der Waals surface area (Å²) >= 11 is 0. The van der Waals surface area contributed by atoms with Crippen LogP contribution in [0.3, 0.4) is 0 Å². The molecular weight excluding hydrogens is 202 g/mol. The van der Waals surface area contributed by atoms with E-state index in [4.69, 9.17) is 10.00 Å². The summed E-state index contributed by atoms with van der Waals surface area (Å²) in [5.74, 6) is 0.895. The van der Waals surface area contributed by atoms with Gasteiger partial charge < -0.3 is 4.74 Å². The zero-order valence-electron chi connectivity index (χ0n) is 9.78. The first-order chi connectivity index (χ1) is 7.54. The Morgan fingerprint density at radius 2 is 2.19 bits per heavy atom. The second-order valence-electron chi connectivity index (χ2n) is 4.08. The van der Waals surface area contributed by atoms with E-state index in [9.17, 15) is 4.79 Å². The van der Waals surface area contributed by atoms with Crippen molar-refractivity contribution in [3.05, 3.63) is 29.3 Å². The maximum atomic E-state index is 11.1. The van der Waals surface area contributed by atoms with Gasteiger partial charge in [0.2, 0.25) is 0 Å². The standard InChI is InChI=1S/C13H15NO2/c1-9(2)8-16-13-5-4-11(10(3)15)6-12(13)7-14/h4-6,9H,8H2,1-3H3. The van der Waals surface area contributed by atoms with Crippen LogP contribution in [-0.4, -0.2) is 12.4 Å². The van der Waals surface area contributed by atoms with Crippen molar-refractivity contribution < 1.29 is 9.53 Å². The molecule has 0 aliphatic carbocycles. The lowest BCUT2D eigenvalue weighted by Crippen LogP contribution is -2.06. The van der Waals surface area contributed by atoms with E-state index in [0.29, 0.717) is 29.4 Å². The summed E-state index contributed by atoms with van der Waals surface area (Å²) in [6.45, 7) is 6.12. The van der Waals surface area contributed by atoms with Crippen molar-refractivity contribution in [3.63, 3.8) is 0 Å². The first-order valence-electron chi connectivity index (χ1n) is 5.22. The van der Waals surface area contributed by atoms with Crippen molar-refractivity contribution in [1.82, 2.24) is 0 Å². The SMILES string of the molecule is CC(=O)c1ccc(OCC(C)C)c(C#N)c1. The first kappa shape index (κ1) is 12.3. The Kier molecular flexibility index (Phi) is 4.07. The average Bonchev–Trinajstić information content (AvgIpc) is 2.25. The van der Waals surface area contributed by atoms with E-state index in [2.05, 4.69) is 0 Å². The molecule has 0 amide bonds. The minimum Gasteiger partial charge on any atom is -0.492 e. The van der Waals surface area contributed by atoms with Crippen molar-refractivity contribution in [3.8, 4) is 11.8 Å². The van der Waals surface area contributed by atoms with E-state index in [1.54, 1.807) is 18.2 Å². The van der Waals surface area contributed by atoms with Crippen LogP contribution in [0.1, 0.15) is 36.7 Å². The number of rotatable bonds is 4. The van der Waals surface area contributed by atoms with Gasteiger partial charge in [-0.1, -0.05) is 13.8 Å². The van der Waals surface area contributed by atoms with Crippen molar-refractivity contribution in [2.24, 2.45) is 5.92 Å². The monoisotopic (exact) mass is 217 g/mol. The zero-order chi connectivity index (χ0) is 12.1. The Bertz CT molecular complexity index is 430. The molecule has 0 fully saturated rings. The summed E-state index contributed by atoms with van der Waals surface area (Å²) < 4.78 is 5.49. The quantitative estimate of drug-likeness (QED) is 0.728. The molecule has 0 N–H and O–H groups in total. The largest absolute Gasteiger partial charge is 0.492 e. The normalized spacial score (nSPS) is 9.94. The molecule has 0 heterocycles. The number of benzene rings is 1. The van der Waals surface area contributed by atoms with Crippen LogP contribution in [0.25, 0.3) is 0 Å². The summed E-state index contributed by atoms with van der Waals surface area (Å²) in [7, 11) is 0. The Morgan fingerprint density at radius 1 is 1.50 bits per heavy atom. The minimum atomic E-state index is -0.0492. The summed E-state index contributed by atoms with van der Waals surface area (Å²) in [4.78, 5) is 11.1. The fourth-order valence-corrected chi connectivity index (χ4v) is 1.22. The van der Waals surface area contributed by atoms with Gasteiger partial charge in [-0.05, 0) is 31.0 Å². The highest BCUT2D eigenvalue weighted by Gasteiger charge is 2.07. The maximum Gasteiger partial charge on any atom is 0.159 e. The van der Waals surface area contributed by atoms with Crippen LogP contribution in [-0.2, 0) is 0 Å². The third kappa shape index (κ3) is 3.09. The Labute approximate surface area is 95.7 Å². The Balaban J connectivity index is 2.94. The summed E-state index contributed by atoms with van der Waals surface area (Å²) in [6.07, 6.45) is 0. The van der Waals surface area contributed by atoms with E-state index >= 15 is 0 Å². The van der Waals surface area contributed by atoms with Crippen LogP contribution >= 0.6 is 0 Å². The number of carbonyl (C=O) groups is 1. The number of nitriles is 1. The number of carbonyl (C=O) groups excluding carboxylic acids is 1. The minimum absolute atomic E-state index is 0.0492. The average molecular weight is 217 g/mol. The third-order valence-electron chi connectivity index (χ3n) is 2.08. The van der Waals surface area contributed by atoms with Crippen LogP contribution < -0.4 is 4.74 Å². The molecule has 0 bridgehead atoms. The lowest BCUT2D eigenvalue weighted by molar-refractivity contribution is 0.101. The van der Waals surface area contributed by atoms with E-state index in [1.165, 1.54) is 6.92 Å². The lowest BCUT2D eigenvalue weighted by Gasteiger charge is -2.10. The molecule has 0 unspecified atom stereocenters. The van der Waals surface area contributed by atoms with Gasteiger partial charge in [0.25, 0.3) is 0 Å². The molecule has 16 heavy (non-hydrogen) atoms. The van der Waals surface area contributed by atoms with E-state index < -0.39 is 0 Å². The molecule has 0 radical (unpaired) electrons. The van der Waals surface area contributed by atoms with Crippen molar-refractivity contribution >= 4 is 5.78 Å². The second kappa shape index (κ2) is 5.32. The van der Waals surface area contributed by atoms with Crippen molar-refractivity contribution in [2.75, 3.05) is 6.61 Å². The fraction of sp³-hybridized carbons (Fsp3) is 0.385. The van der Waals surface area contributed by atoms with Gasteiger partial charge in [0.15, 0.2) is 5.78 Å². The molecule has 0 spiro atoms. The van der Waals surface area contributed by atoms with Gasteiger partial charge in [-0.15, -0.1) is 0 Å². The number of ether oxygens (including phenoxy) is 1. The molecule has 1 rings (SSSR count). The molecule has 1 aromatic rings. The first-order valence-corrected chi connectivity index (χ1v) is 5.22. The van der Waals surface area contributed by atoms with Gasteiger partial charge in [0, 0.05) is 5.56 Å². The Hall–Kier alpha value is -1.82. The van der Waals surface area contributed by atoms with Crippen LogP contribution in [0, 0.1) is 17.2 Å². The van der Waals surface area contributed by atoms with E-state index in [0.717, 1.165) is 0 Å². The van der Waals surface area contributed by atoms with Gasteiger partial charge in [-0.2, -0.15) is 5.26 Å². The van der Waals surface area contributed by atoms with E-state index in [1.807, 2.05) is 19.9 Å². The molecule has 0 aliphatic heterocycles. The molecule has 0 saturated heterocycles. The molecule has 84 valence electrons. The molecular formula is C13H15NO2.